The highest BCUT2D eigenvalue weighted by Crippen LogP contribution is 2.24. The molecule has 0 fully saturated rings. The number of hydrogen-bond acceptors (Lipinski definition) is 3. The fourth-order valence-corrected chi connectivity index (χ4v) is 2.52. The molecule has 0 aliphatic carbocycles. The van der Waals surface area contributed by atoms with Gasteiger partial charge in [0, 0.05) is 24.5 Å². The van der Waals surface area contributed by atoms with E-state index in [0.717, 1.165) is 29.0 Å². The van der Waals surface area contributed by atoms with Crippen LogP contribution in [0.15, 0.2) is 66.2 Å². The van der Waals surface area contributed by atoms with Crippen molar-refractivity contribution in [2.75, 3.05) is 7.05 Å². The lowest BCUT2D eigenvalue weighted by Gasteiger charge is -2.21. The zero-order chi connectivity index (χ0) is 18.1. The molecule has 0 saturated heterocycles. The Morgan fingerprint density at radius 2 is 2.00 bits per heavy atom. The van der Waals surface area contributed by atoms with E-state index in [-0.39, 0.29) is 6.04 Å². The third kappa shape index (κ3) is 5.82. The number of pyridine rings is 1. The van der Waals surface area contributed by atoms with Crippen LogP contribution < -0.4 is 10.6 Å². The smallest absolute Gasteiger partial charge is 0.0549 e. The van der Waals surface area contributed by atoms with Crippen LogP contribution in [0, 0.1) is 0 Å². The molecular weight excluding hydrogens is 294 g/mol. The first-order valence-corrected chi connectivity index (χ1v) is 8.45. The van der Waals surface area contributed by atoms with Crippen LogP contribution in [0.3, 0.4) is 0 Å². The number of nitrogens with zero attached hydrogens (tertiary/aromatic N) is 1. The minimum atomic E-state index is 0.175. The van der Waals surface area contributed by atoms with Gasteiger partial charge in [-0.2, -0.15) is 0 Å². The minimum absolute atomic E-state index is 0.175. The predicted octanol–water partition coefficient (Wildman–Crippen LogP) is 4.82. The standard InChI is InChI=1S/C21H31N3/c1-8-10-16(4)21(22-7)19-11-9-12-23-20(19)13-18(6)24-14-17(5)15(2)3/h9-12,14,21-22,24H,2,6,8,13H2,1,3-5,7H3/b16-10-,17-14+. The summed E-state index contributed by atoms with van der Waals surface area (Å²) in [6.45, 7) is 16.4. The van der Waals surface area contributed by atoms with Crippen LogP contribution in [-0.2, 0) is 6.42 Å². The van der Waals surface area contributed by atoms with Crippen molar-refractivity contribution in [2.45, 2.75) is 46.6 Å². The molecule has 0 aromatic carbocycles. The zero-order valence-corrected chi connectivity index (χ0v) is 15.7. The Hall–Kier alpha value is -2.13. The first-order valence-electron chi connectivity index (χ1n) is 8.45. The van der Waals surface area contributed by atoms with E-state index < -0.39 is 0 Å². The number of allylic oxidation sites excluding steroid dienone is 4. The van der Waals surface area contributed by atoms with Crippen molar-refractivity contribution in [3.63, 3.8) is 0 Å². The summed E-state index contributed by atoms with van der Waals surface area (Å²) >= 11 is 0. The van der Waals surface area contributed by atoms with Crippen LogP contribution in [0.5, 0.6) is 0 Å². The molecule has 0 amide bonds. The molecule has 1 heterocycles. The summed E-state index contributed by atoms with van der Waals surface area (Å²) in [7, 11) is 1.99. The van der Waals surface area contributed by atoms with E-state index in [1.807, 2.05) is 39.4 Å². The Kier molecular flexibility index (Phi) is 8.20. The summed E-state index contributed by atoms with van der Waals surface area (Å²) in [5.74, 6) is 0. The van der Waals surface area contributed by atoms with Gasteiger partial charge in [0.05, 0.1) is 11.7 Å². The van der Waals surface area contributed by atoms with Crippen molar-refractivity contribution in [1.82, 2.24) is 15.6 Å². The van der Waals surface area contributed by atoms with Gasteiger partial charge in [0.15, 0.2) is 0 Å². The summed E-state index contributed by atoms with van der Waals surface area (Å²) in [6, 6.07) is 4.30. The maximum atomic E-state index is 4.59. The minimum Gasteiger partial charge on any atom is -0.365 e. The molecule has 1 aromatic heterocycles. The fraction of sp³-hybridized carbons (Fsp3) is 0.381. The highest BCUT2D eigenvalue weighted by atomic mass is 14.9. The second kappa shape index (κ2) is 9.89. The van der Waals surface area contributed by atoms with Crippen molar-refractivity contribution in [2.24, 2.45) is 0 Å². The first kappa shape index (κ1) is 19.9. The molecule has 0 bridgehead atoms. The number of nitrogens with one attached hydrogen (secondary N) is 2. The molecular formula is C21H31N3. The third-order valence-electron chi connectivity index (χ3n) is 4.05. The topological polar surface area (TPSA) is 37.0 Å². The number of hydrogen-bond donors (Lipinski definition) is 2. The first-order chi connectivity index (χ1) is 11.4. The molecule has 130 valence electrons. The van der Waals surface area contributed by atoms with E-state index in [1.165, 1.54) is 11.1 Å². The van der Waals surface area contributed by atoms with Crippen molar-refractivity contribution in [3.05, 3.63) is 77.4 Å². The van der Waals surface area contributed by atoms with E-state index in [4.69, 9.17) is 0 Å². The molecule has 1 atom stereocenters. The molecule has 1 aromatic rings. The Bertz CT molecular complexity index is 638. The van der Waals surface area contributed by atoms with Gasteiger partial charge in [-0.15, -0.1) is 0 Å². The SMILES string of the molecule is C=C(Cc1ncccc1C(NC)/C(C)=C\CC)N/C=C(\C)C(=C)C. The largest absolute Gasteiger partial charge is 0.365 e. The molecule has 24 heavy (non-hydrogen) atoms. The molecule has 2 N–H and O–H groups in total. The van der Waals surface area contributed by atoms with Crippen LogP contribution in [0.2, 0.25) is 0 Å². The lowest BCUT2D eigenvalue weighted by Crippen LogP contribution is -2.20. The average Bonchev–Trinajstić information content (AvgIpc) is 2.55. The molecule has 0 aliphatic rings. The lowest BCUT2D eigenvalue weighted by atomic mass is 9.96. The van der Waals surface area contributed by atoms with Gasteiger partial charge in [-0.3, -0.25) is 4.98 Å². The van der Waals surface area contributed by atoms with Crippen LogP contribution in [0.25, 0.3) is 0 Å². The maximum absolute atomic E-state index is 4.59. The molecule has 0 aliphatic heterocycles. The second-order valence-corrected chi connectivity index (χ2v) is 6.15. The van der Waals surface area contributed by atoms with E-state index >= 15 is 0 Å². The van der Waals surface area contributed by atoms with Crippen molar-refractivity contribution >= 4 is 0 Å². The fourth-order valence-electron chi connectivity index (χ4n) is 2.52. The van der Waals surface area contributed by atoms with Crippen molar-refractivity contribution in [1.29, 1.82) is 0 Å². The second-order valence-electron chi connectivity index (χ2n) is 6.15. The summed E-state index contributed by atoms with van der Waals surface area (Å²) in [4.78, 5) is 4.59. The van der Waals surface area contributed by atoms with Crippen LogP contribution in [0.1, 0.15) is 51.4 Å². The van der Waals surface area contributed by atoms with Gasteiger partial charge in [0.25, 0.3) is 0 Å². The van der Waals surface area contributed by atoms with E-state index in [2.05, 4.69) is 54.8 Å². The number of rotatable bonds is 9. The quantitative estimate of drug-likeness (QED) is 0.504. The molecule has 0 spiro atoms. The molecule has 0 saturated carbocycles. The number of aromatic nitrogens is 1. The van der Waals surface area contributed by atoms with E-state index in [9.17, 15) is 0 Å². The van der Waals surface area contributed by atoms with Gasteiger partial charge in [0.2, 0.25) is 0 Å². The van der Waals surface area contributed by atoms with E-state index in [0.29, 0.717) is 6.42 Å². The molecule has 1 rings (SSSR count). The van der Waals surface area contributed by atoms with E-state index in [1.54, 1.807) is 0 Å². The highest BCUT2D eigenvalue weighted by molar-refractivity contribution is 5.33. The number of likely N-dealkylation sites (N-methyl/N-ethyl adjacent to an activating group) is 1. The van der Waals surface area contributed by atoms with Crippen molar-refractivity contribution in [3.8, 4) is 0 Å². The third-order valence-corrected chi connectivity index (χ3v) is 4.05. The van der Waals surface area contributed by atoms with Gasteiger partial charge >= 0.3 is 0 Å². The lowest BCUT2D eigenvalue weighted by molar-refractivity contribution is 0.661. The normalized spacial score (nSPS) is 13.5. The Morgan fingerprint density at radius 1 is 1.29 bits per heavy atom. The molecule has 1 unspecified atom stereocenters. The van der Waals surface area contributed by atoms with Gasteiger partial charge in [0.1, 0.15) is 0 Å². The predicted molar refractivity (Wildman–Crippen MR) is 105 cm³/mol. The maximum Gasteiger partial charge on any atom is 0.0549 e. The monoisotopic (exact) mass is 325 g/mol. The average molecular weight is 326 g/mol. The summed E-state index contributed by atoms with van der Waals surface area (Å²) < 4.78 is 0. The van der Waals surface area contributed by atoms with Gasteiger partial charge in [-0.05, 0) is 51.4 Å². The van der Waals surface area contributed by atoms with Gasteiger partial charge in [-0.25, -0.2) is 0 Å². The Labute approximate surface area is 147 Å². The molecule has 3 nitrogen and oxygen atoms in total. The van der Waals surface area contributed by atoms with Crippen LogP contribution in [0.4, 0.5) is 0 Å². The highest BCUT2D eigenvalue weighted by Gasteiger charge is 2.16. The van der Waals surface area contributed by atoms with Crippen LogP contribution in [-0.4, -0.2) is 12.0 Å². The van der Waals surface area contributed by atoms with Crippen LogP contribution >= 0.6 is 0 Å². The summed E-state index contributed by atoms with van der Waals surface area (Å²) in [5.41, 5.74) is 6.63. The van der Waals surface area contributed by atoms with Gasteiger partial charge in [-0.1, -0.05) is 43.4 Å². The zero-order valence-electron chi connectivity index (χ0n) is 15.7. The molecule has 3 heteroatoms. The molecule has 0 radical (unpaired) electrons. The van der Waals surface area contributed by atoms with Crippen molar-refractivity contribution < 1.29 is 0 Å². The Balaban J connectivity index is 2.98. The summed E-state index contributed by atoms with van der Waals surface area (Å²) in [6.07, 6.45) is 7.76. The summed E-state index contributed by atoms with van der Waals surface area (Å²) in [5, 5.41) is 6.66. The van der Waals surface area contributed by atoms with Gasteiger partial charge < -0.3 is 10.6 Å². The Morgan fingerprint density at radius 3 is 2.58 bits per heavy atom.